The van der Waals surface area contributed by atoms with Gasteiger partial charge in [0, 0.05) is 12.8 Å². The van der Waals surface area contributed by atoms with Crippen LogP contribution in [0.3, 0.4) is 0 Å². The Labute approximate surface area is 212 Å². The van der Waals surface area contributed by atoms with Gasteiger partial charge in [-0.05, 0) is 25.7 Å². The zero-order valence-electron chi connectivity index (χ0n) is 20.7. The molecule has 0 aromatic heterocycles. The standard InChI is InChI=1S/C21H35N5O11/c1-9(2)16(22)20(35)25-12(5-7-15(30)31)19(34)24-11(4-6-14(28)29)18(33)23-10(3)17(32)26-13(8-27)21(36)37/h9-13,16,27H,4-8,22H2,1-3H3,(H,23,33)(H,24,34)(H,25,35)(H,26,32)(H,28,29)(H,30,31)(H,36,37). The topological polar surface area (TPSA) is 275 Å². The Kier molecular flexibility index (Phi) is 14.4. The smallest absolute Gasteiger partial charge is 0.328 e. The number of carbonyl (C=O) groups excluding carboxylic acids is 4. The minimum atomic E-state index is -1.63. The predicted molar refractivity (Wildman–Crippen MR) is 125 cm³/mol. The number of aliphatic hydroxyl groups is 1. The molecule has 0 aliphatic carbocycles. The van der Waals surface area contributed by atoms with Gasteiger partial charge in [-0.2, -0.15) is 0 Å². The van der Waals surface area contributed by atoms with Crippen LogP contribution >= 0.6 is 0 Å². The molecule has 0 radical (unpaired) electrons. The van der Waals surface area contributed by atoms with Gasteiger partial charge in [-0.3, -0.25) is 28.8 Å². The van der Waals surface area contributed by atoms with E-state index in [-0.39, 0.29) is 12.3 Å². The van der Waals surface area contributed by atoms with E-state index < -0.39 is 97.6 Å². The van der Waals surface area contributed by atoms with Crippen LogP contribution in [0.15, 0.2) is 0 Å². The lowest BCUT2D eigenvalue weighted by Crippen LogP contribution is -2.58. The second-order valence-corrected chi connectivity index (χ2v) is 8.57. The Hall–Kier alpha value is -3.79. The maximum absolute atomic E-state index is 12.9. The van der Waals surface area contributed by atoms with Gasteiger partial charge in [-0.15, -0.1) is 0 Å². The number of carboxylic acid groups (broad SMARTS) is 3. The van der Waals surface area contributed by atoms with Gasteiger partial charge in [0.25, 0.3) is 0 Å². The molecule has 0 bridgehead atoms. The monoisotopic (exact) mass is 533 g/mol. The second kappa shape index (κ2) is 16.1. The molecule has 0 fully saturated rings. The van der Waals surface area contributed by atoms with E-state index in [9.17, 15) is 33.6 Å². The van der Waals surface area contributed by atoms with E-state index in [1.807, 2.05) is 5.32 Å². The van der Waals surface area contributed by atoms with Crippen molar-refractivity contribution < 1.29 is 54.0 Å². The molecule has 0 aromatic carbocycles. The van der Waals surface area contributed by atoms with Gasteiger partial charge in [0.05, 0.1) is 12.6 Å². The summed E-state index contributed by atoms with van der Waals surface area (Å²) in [6, 6.07) is -6.94. The first-order chi connectivity index (χ1) is 17.1. The Morgan fingerprint density at radius 3 is 1.43 bits per heavy atom. The highest BCUT2D eigenvalue weighted by atomic mass is 16.4. The summed E-state index contributed by atoms with van der Waals surface area (Å²) in [4.78, 5) is 83.1. The average molecular weight is 534 g/mol. The highest BCUT2D eigenvalue weighted by molar-refractivity contribution is 5.95. The maximum Gasteiger partial charge on any atom is 0.328 e. The van der Waals surface area contributed by atoms with Gasteiger partial charge >= 0.3 is 17.9 Å². The Bertz CT molecular complexity index is 864. The summed E-state index contributed by atoms with van der Waals surface area (Å²) in [5, 5.41) is 44.7. The van der Waals surface area contributed by atoms with Gasteiger partial charge in [0.15, 0.2) is 0 Å². The van der Waals surface area contributed by atoms with Crippen molar-refractivity contribution >= 4 is 41.5 Å². The molecule has 16 nitrogen and oxygen atoms in total. The Morgan fingerprint density at radius 2 is 1.05 bits per heavy atom. The molecule has 210 valence electrons. The largest absolute Gasteiger partial charge is 0.481 e. The average Bonchev–Trinajstić information content (AvgIpc) is 2.80. The third-order valence-corrected chi connectivity index (χ3v) is 5.13. The molecular weight excluding hydrogens is 498 g/mol. The zero-order chi connectivity index (χ0) is 28.9. The number of rotatable bonds is 17. The van der Waals surface area contributed by atoms with Crippen LogP contribution < -0.4 is 27.0 Å². The first-order valence-corrected chi connectivity index (χ1v) is 11.3. The SMILES string of the molecule is CC(NC(=O)C(CCC(=O)O)NC(=O)C(CCC(=O)O)NC(=O)C(N)C(C)C)C(=O)NC(CO)C(=O)O. The lowest BCUT2D eigenvalue weighted by Gasteiger charge is -2.25. The Morgan fingerprint density at radius 1 is 0.649 bits per heavy atom. The summed E-state index contributed by atoms with van der Waals surface area (Å²) >= 11 is 0. The number of aliphatic hydroxyl groups excluding tert-OH is 1. The number of nitrogens with one attached hydrogen (secondary N) is 4. The lowest BCUT2D eigenvalue weighted by molar-refractivity contribution is -0.143. The van der Waals surface area contributed by atoms with Crippen LogP contribution in [-0.2, 0) is 33.6 Å². The van der Waals surface area contributed by atoms with Crippen molar-refractivity contribution in [3.63, 3.8) is 0 Å². The fraction of sp³-hybridized carbons (Fsp3) is 0.667. The second-order valence-electron chi connectivity index (χ2n) is 8.57. The molecule has 0 aliphatic heterocycles. The van der Waals surface area contributed by atoms with Crippen LogP contribution in [0, 0.1) is 5.92 Å². The number of nitrogens with two attached hydrogens (primary N) is 1. The van der Waals surface area contributed by atoms with E-state index in [0.717, 1.165) is 0 Å². The predicted octanol–water partition coefficient (Wildman–Crippen LogP) is -3.26. The van der Waals surface area contributed by atoms with Gasteiger partial charge in [0.1, 0.15) is 24.2 Å². The molecule has 0 spiro atoms. The third-order valence-electron chi connectivity index (χ3n) is 5.13. The fourth-order valence-corrected chi connectivity index (χ4v) is 2.78. The molecule has 0 rings (SSSR count). The van der Waals surface area contributed by atoms with E-state index in [2.05, 4.69) is 16.0 Å². The molecule has 0 aliphatic rings. The number of hydrogen-bond acceptors (Lipinski definition) is 9. The number of amides is 4. The normalized spacial score (nSPS) is 14.9. The van der Waals surface area contributed by atoms with Gasteiger partial charge < -0.3 is 47.4 Å². The van der Waals surface area contributed by atoms with Crippen LogP contribution in [0.4, 0.5) is 0 Å². The summed E-state index contributed by atoms with van der Waals surface area (Å²) in [5.41, 5.74) is 5.76. The molecule has 4 amide bonds. The van der Waals surface area contributed by atoms with Crippen molar-refractivity contribution in [2.75, 3.05) is 6.61 Å². The molecule has 5 unspecified atom stereocenters. The summed E-state index contributed by atoms with van der Waals surface area (Å²) in [5.74, 6) is -8.10. The number of aliphatic carboxylic acids is 3. The van der Waals surface area contributed by atoms with Crippen molar-refractivity contribution in [3.05, 3.63) is 0 Å². The van der Waals surface area contributed by atoms with Gasteiger partial charge in [-0.25, -0.2) is 4.79 Å². The lowest BCUT2D eigenvalue weighted by atomic mass is 10.0. The zero-order valence-corrected chi connectivity index (χ0v) is 20.7. The van der Waals surface area contributed by atoms with Gasteiger partial charge in [0.2, 0.25) is 23.6 Å². The van der Waals surface area contributed by atoms with E-state index in [1.165, 1.54) is 6.92 Å². The molecule has 16 heteroatoms. The number of hydrogen-bond donors (Lipinski definition) is 9. The Balaban J connectivity index is 5.60. The maximum atomic E-state index is 12.9. The van der Waals surface area contributed by atoms with Crippen LogP contribution in [0.25, 0.3) is 0 Å². The quantitative estimate of drug-likeness (QED) is 0.0891. The number of carbonyl (C=O) groups is 7. The van der Waals surface area contributed by atoms with Crippen LogP contribution in [0.2, 0.25) is 0 Å². The van der Waals surface area contributed by atoms with Crippen molar-refractivity contribution in [2.45, 2.75) is 76.7 Å². The molecular formula is C21H35N5O11. The van der Waals surface area contributed by atoms with E-state index in [4.69, 9.17) is 26.2 Å². The highest BCUT2D eigenvalue weighted by Gasteiger charge is 2.31. The summed E-state index contributed by atoms with van der Waals surface area (Å²) < 4.78 is 0. The summed E-state index contributed by atoms with van der Waals surface area (Å²) in [7, 11) is 0. The van der Waals surface area contributed by atoms with Crippen LogP contribution in [0.5, 0.6) is 0 Å². The van der Waals surface area contributed by atoms with Crippen molar-refractivity contribution in [2.24, 2.45) is 11.7 Å². The van der Waals surface area contributed by atoms with E-state index >= 15 is 0 Å². The van der Waals surface area contributed by atoms with Crippen molar-refractivity contribution in [1.82, 2.24) is 21.3 Å². The van der Waals surface area contributed by atoms with Crippen LogP contribution in [0.1, 0.15) is 46.5 Å². The molecule has 5 atom stereocenters. The molecule has 0 saturated heterocycles. The summed E-state index contributed by atoms with van der Waals surface area (Å²) in [6.07, 6.45) is -1.88. The minimum Gasteiger partial charge on any atom is -0.481 e. The third kappa shape index (κ3) is 12.6. The van der Waals surface area contributed by atoms with Crippen molar-refractivity contribution in [1.29, 1.82) is 0 Å². The minimum absolute atomic E-state index is 0.309. The molecule has 10 N–H and O–H groups in total. The van der Waals surface area contributed by atoms with E-state index in [1.54, 1.807) is 13.8 Å². The highest BCUT2D eigenvalue weighted by Crippen LogP contribution is 2.06. The van der Waals surface area contributed by atoms with Gasteiger partial charge in [-0.1, -0.05) is 13.8 Å². The fourth-order valence-electron chi connectivity index (χ4n) is 2.78. The van der Waals surface area contributed by atoms with Crippen molar-refractivity contribution in [3.8, 4) is 0 Å². The first-order valence-electron chi connectivity index (χ1n) is 11.3. The molecule has 37 heavy (non-hydrogen) atoms. The number of carboxylic acids is 3. The van der Waals surface area contributed by atoms with Crippen LogP contribution in [-0.4, -0.2) is 98.8 Å². The summed E-state index contributed by atoms with van der Waals surface area (Å²) in [6.45, 7) is 3.57. The molecule has 0 heterocycles. The molecule has 0 aromatic rings. The van der Waals surface area contributed by atoms with E-state index in [0.29, 0.717) is 0 Å². The first kappa shape index (κ1) is 33.2. The molecule has 0 saturated carbocycles.